The van der Waals surface area contributed by atoms with Gasteiger partial charge in [0.15, 0.2) is 0 Å². The number of amides is 1. The number of rotatable bonds is 5. The molecule has 1 aromatic heterocycles. The van der Waals surface area contributed by atoms with E-state index in [1.165, 1.54) is 0 Å². The van der Waals surface area contributed by atoms with Crippen LogP contribution in [0, 0.1) is 6.92 Å². The van der Waals surface area contributed by atoms with Crippen LogP contribution in [0.5, 0.6) is 0 Å². The summed E-state index contributed by atoms with van der Waals surface area (Å²) in [6.45, 7) is 5.55. The van der Waals surface area contributed by atoms with Crippen LogP contribution >= 0.6 is 11.5 Å². The summed E-state index contributed by atoms with van der Waals surface area (Å²) < 4.78 is 3.76. The van der Waals surface area contributed by atoms with Crippen molar-refractivity contribution in [2.45, 2.75) is 20.4 Å². The molecule has 0 radical (unpaired) electrons. The number of carbonyl (C=O) groups excluding carboxylic acids is 1. The van der Waals surface area contributed by atoms with Crippen LogP contribution in [-0.2, 0) is 6.54 Å². The summed E-state index contributed by atoms with van der Waals surface area (Å²) in [5.41, 5.74) is 2.58. The maximum absolute atomic E-state index is 12.0. The average Bonchev–Trinajstić information content (AvgIpc) is 2.83. The van der Waals surface area contributed by atoms with Gasteiger partial charge < -0.3 is 10.6 Å². The highest BCUT2D eigenvalue weighted by atomic mass is 32.1. The Morgan fingerprint density at radius 2 is 2.26 bits per heavy atom. The third-order valence-electron chi connectivity index (χ3n) is 2.62. The Morgan fingerprint density at radius 3 is 2.95 bits per heavy atom. The van der Waals surface area contributed by atoms with Crippen molar-refractivity contribution in [1.82, 2.24) is 14.9 Å². The molecule has 2 N–H and O–H groups in total. The lowest BCUT2D eigenvalue weighted by Gasteiger charge is -2.07. The van der Waals surface area contributed by atoms with Gasteiger partial charge in [-0.15, -0.1) is 5.10 Å². The summed E-state index contributed by atoms with van der Waals surface area (Å²) in [5.74, 6) is -0.159. The molecule has 0 bridgehead atoms. The number of hydrogen-bond acceptors (Lipinski definition) is 5. The van der Waals surface area contributed by atoms with Gasteiger partial charge in [0.2, 0.25) is 0 Å². The predicted octanol–water partition coefficient (Wildman–Crippen LogP) is 2.21. The van der Waals surface area contributed by atoms with Crippen molar-refractivity contribution >= 4 is 23.1 Å². The second-order valence-electron chi connectivity index (χ2n) is 4.12. The molecule has 0 fully saturated rings. The molecule has 2 aromatic rings. The van der Waals surface area contributed by atoms with Gasteiger partial charge in [-0.25, -0.2) is 0 Å². The summed E-state index contributed by atoms with van der Waals surface area (Å²) in [6, 6.07) is 7.79. The first-order valence-corrected chi connectivity index (χ1v) is 6.88. The van der Waals surface area contributed by atoms with Gasteiger partial charge >= 0.3 is 0 Å². The lowest BCUT2D eigenvalue weighted by Crippen LogP contribution is -2.14. The van der Waals surface area contributed by atoms with Crippen LogP contribution < -0.4 is 10.6 Å². The van der Waals surface area contributed by atoms with Crippen molar-refractivity contribution in [2.24, 2.45) is 0 Å². The molecule has 1 aromatic carbocycles. The fourth-order valence-electron chi connectivity index (χ4n) is 1.66. The molecule has 1 amide bonds. The Balaban J connectivity index is 2.07. The first-order valence-electron chi connectivity index (χ1n) is 6.10. The van der Waals surface area contributed by atoms with Crippen molar-refractivity contribution in [3.8, 4) is 0 Å². The van der Waals surface area contributed by atoms with Gasteiger partial charge in [0.05, 0.1) is 5.69 Å². The molecule has 19 heavy (non-hydrogen) atoms. The molecule has 0 atom stereocenters. The van der Waals surface area contributed by atoms with Crippen molar-refractivity contribution in [1.29, 1.82) is 0 Å². The minimum Gasteiger partial charge on any atom is -0.321 e. The molecule has 100 valence electrons. The van der Waals surface area contributed by atoms with Crippen LogP contribution in [0.3, 0.4) is 0 Å². The van der Waals surface area contributed by atoms with Crippen LogP contribution in [0.25, 0.3) is 0 Å². The Labute approximate surface area is 116 Å². The van der Waals surface area contributed by atoms with E-state index in [0.717, 1.165) is 35.9 Å². The maximum Gasteiger partial charge on any atom is 0.269 e. The van der Waals surface area contributed by atoms with E-state index < -0.39 is 0 Å². The number of aryl methyl sites for hydroxylation is 1. The quantitative estimate of drug-likeness (QED) is 0.878. The summed E-state index contributed by atoms with van der Waals surface area (Å²) in [7, 11) is 0. The number of hydrogen-bond donors (Lipinski definition) is 2. The largest absolute Gasteiger partial charge is 0.321 e. The molecular formula is C13H16N4OS. The van der Waals surface area contributed by atoms with E-state index in [2.05, 4.69) is 27.1 Å². The highest BCUT2D eigenvalue weighted by Gasteiger charge is 2.13. The SMILES string of the molecule is CCNCc1cccc(NC(=O)c2snnc2C)c1. The topological polar surface area (TPSA) is 66.9 Å². The molecule has 0 aliphatic carbocycles. The molecule has 5 nitrogen and oxygen atoms in total. The number of anilines is 1. The van der Waals surface area contributed by atoms with E-state index in [9.17, 15) is 4.79 Å². The molecule has 2 rings (SSSR count). The molecular weight excluding hydrogens is 260 g/mol. The Hall–Kier alpha value is -1.79. The Kier molecular flexibility index (Phi) is 4.59. The lowest BCUT2D eigenvalue weighted by molar-refractivity contribution is 0.103. The Morgan fingerprint density at radius 1 is 1.42 bits per heavy atom. The molecule has 0 saturated carbocycles. The minimum atomic E-state index is -0.159. The number of benzene rings is 1. The van der Waals surface area contributed by atoms with Crippen molar-refractivity contribution in [3.63, 3.8) is 0 Å². The highest BCUT2D eigenvalue weighted by Crippen LogP contribution is 2.15. The summed E-state index contributed by atoms with van der Waals surface area (Å²) in [5, 5.41) is 9.95. The van der Waals surface area contributed by atoms with E-state index in [0.29, 0.717) is 10.6 Å². The Bertz CT molecular complexity index is 567. The van der Waals surface area contributed by atoms with Gasteiger partial charge in [-0.3, -0.25) is 4.79 Å². The zero-order valence-corrected chi connectivity index (χ0v) is 11.8. The maximum atomic E-state index is 12.0. The van der Waals surface area contributed by atoms with E-state index in [-0.39, 0.29) is 5.91 Å². The van der Waals surface area contributed by atoms with Gasteiger partial charge in [-0.1, -0.05) is 23.5 Å². The molecule has 0 unspecified atom stereocenters. The summed E-state index contributed by atoms with van der Waals surface area (Å²) in [6.07, 6.45) is 0. The van der Waals surface area contributed by atoms with Crippen LogP contribution in [0.15, 0.2) is 24.3 Å². The standard InChI is InChI=1S/C13H16N4OS/c1-3-14-8-10-5-4-6-11(7-10)15-13(18)12-9(2)16-17-19-12/h4-7,14H,3,8H2,1-2H3,(H,15,18). The van der Waals surface area contributed by atoms with Crippen molar-refractivity contribution in [2.75, 3.05) is 11.9 Å². The molecule has 0 aliphatic rings. The smallest absolute Gasteiger partial charge is 0.269 e. The van der Waals surface area contributed by atoms with E-state index in [1.54, 1.807) is 6.92 Å². The zero-order valence-electron chi connectivity index (χ0n) is 10.9. The monoisotopic (exact) mass is 276 g/mol. The summed E-state index contributed by atoms with van der Waals surface area (Å²) >= 11 is 1.11. The van der Waals surface area contributed by atoms with Gasteiger partial charge in [-0.05, 0) is 42.7 Å². The van der Waals surface area contributed by atoms with Gasteiger partial charge in [0, 0.05) is 12.2 Å². The lowest BCUT2D eigenvalue weighted by atomic mass is 10.2. The highest BCUT2D eigenvalue weighted by molar-refractivity contribution is 7.08. The molecule has 1 heterocycles. The van der Waals surface area contributed by atoms with E-state index >= 15 is 0 Å². The van der Waals surface area contributed by atoms with E-state index in [1.807, 2.05) is 24.3 Å². The first kappa shape index (κ1) is 13.6. The molecule has 0 saturated heterocycles. The minimum absolute atomic E-state index is 0.159. The number of carbonyl (C=O) groups is 1. The van der Waals surface area contributed by atoms with E-state index in [4.69, 9.17) is 0 Å². The van der Waals surface area contributed by atoms with Crippen LogP contribution in [-0.4, -0.2) is 22.0 Å². The first-order chi connectivity index (χ1) is 9.20. The second kappa shape index (κ2) is 6.40. The molecule has 6 heteroatoms. The molecule has 0 spiro atoms. The van der Waals surface area contributed by atoms with Crippen LogP contribution in [0.2, 0.25) is 0 Å². The number of aromatic nitrogens is 2. The normalized spacial score (nSPS) is 10.4. The van der Waals surface area contributed by atoms with Crippen molar-refractivity contribution in [3.05, 3.63) is 40.4 Å². The number of nitrogens with zero attached hydrogens (tertiary/aromatic N) is 2. The third-order valence-corrected chi connectivity index (χ3v) is 3.45. The van der Waals surface area contributed by atoms with Gasteiger partial charge in [-0.2, -0.15) is 0 Å². The van der Waals surface area contributed by atoms with Gasteiger partial charge in [0.1, 0.15) is 4.88 Å². The fraction of sp³-hybridized carbons (Fsp3) is 0.308. The second-order valence-corrected chi connectivity index (χ2v) is 4.88. The number of nitrogens with one attached hydrogen (secondary N) is 2. The molecule has 0 aliphatic heterocycles. The third kappa shape index (κ3) is 3.59. The fourth-order valence-corrected chi connectivity index (χ4v) is 2.21. The zero-order chi connectivity index (χ0) is 13.7. The van der Waals surface area contributed by atoms with Crippen LogP contribution in [0.1, 0.15) is 27.9 Å². The van der Waals surface area contributed by atoms with Crippen LogP contribution in [0.4, 0.5) is 5.69 Å². The average molecular weight is 276 g/mol. The van der Waals surface area contributed by atoms with Gasteiger partial charge in [0.25, 0.3) is 5.91 Å². The van der Waals surface area contributed by atoms with Crippen molar-refractivity contribution < 1.29 is 4.79 Å². The summed E-state index contributed by atoms with van der Waals surface area (Å²) in [4.78, 5) is 12.6. The predicted molar refractivity (Wildman–Crippen MR) is 76.4 cm³/mol.